The molecule has 0 radical (unpaired) electrons. The monoisotopic (exact) mass is 135 g/mol. The summed E-state index contributed by atoms with van der Waals surface area (Å²) < 4.78 is 0. The first-order valence-electron chi connectivity index (χ1n) is 2.50. The van der Waals surface area contributed by atoms with Gasteiger partial charge in [-0.25, -0.2) is 4.85 Å². The van der Waals surface area contributed by atoms with Crippen LogP contribution in [0.5, 0.6) is 0 Å². The Bertz CT molecular complexity index is 249. The van der Waals surface area contributed by atoms with Crippen molar-refractivity contribution in [1.82, 2.24) is 0 Å². The Hall–Kier alpha value is -0.940. The Morgan fingerprint density at radius 2 is 2.00 bits per heavy atom. The van der Waals surface area contributed by atoms with Crippen molar-refractivity contribution in [3.63, 3.8) is 0 Å². The lowest BCUT2D eigenvalue weighted by atomic mass is 10.3. The number of para-hydroxylation sites is 1. The van der Waals surface area contributed by atoms with E-state index in [1.54, 1.807) is 12.1 Å². The summed E-state index contributed by atoms with van der Waals surface area (Å²) in [5, 5.41) is 0. The number of benzene rings is 1. The quantitative estimate of drug-likeness (QED) is 0.412. The normalized spacial score (nSPS) is 8.44. The molecule has 1 aromatic rings. The molecular formula is C7H5NS. The number of hydrogen-bond donors (Lipinski definition) is 1. The summed E-state index contributed by atoms with van der Waals surface area (Å²) in [7, 11) is 0. The van der Waals surface area contributed by atoms with E-state index < -0.39 is 0 Å². The fourth-order valence-electron chi connectivity index (χ4n) is 0.559. The van der Waals surface area contributed by atoms with E-state index in [4.69, 9.17) is 6.57 Å². The van der Waals surface area contributed by atoms with E-state index in [0.717, 1.165) is 4.90 Å². The molecule has 9 heavy (non-hydrogen) atoms. The van der Waals surface area contributed by atoms with E-state index in [-0.39, 0.29) is 0 Å². The maximum Gasteiger partial charge on any atom is 0.200 e. The van der Waals surface area contributed by atoms with Crippen molar-refractivity contribution >= 4 is 18.3 Å². The molecule has 1 nitrogen and oxygen atoms in total. The fraction of sp³-hybridized carbons (Fsp3) is 0. The van der Waals surface area contributed by atoms with Gasteiger partial charge in [0.1, 0.15) is 0 Å². The van der Waals surface area contributed by atoms with Gasteiger partial charge in [0.15, 0.2) is 5.69 Å². The Morgan fingerprint density at radius 1 is 1.33 bits per heavy atom. The third-order valence-electron chi connectivity index (χ3n) is 1.00. The van der Waals surface area contributed by atoms with Gasteiger partial charge in [0, 0.05) is 4.90 Å². The molecule has 0 bridgehead atoms. The van der Waals surface area contributed by atoms with Crippen LogP contribution >= 0.6 is 12.6 Å². The minimum absolute atomic E-state index is 0.612. The summed E-state index contributed by atoms with van der Waals surface area (Å²) in [5.74, 6) is 0. The molecule has 0 aliphatic rings. The molecule has 0 saturated heterocycles. The van der Waals surface area contributed by atoms with Crippen molar-refractivity contribution in [3.05, 3.63) is 35.7 Å². The van der Waals surface area contributed by atoms with Gasteiger partial charge in [-0.1, -0.05) is 24.3 Å². The molecule has 0 amide bonds. The van der Waals surface area contributed by atoms with E-state index in [9.17, 15) is 0 Å². The lowest BCUT2D eigenvalue weighted by Gasteiger charge is -1.90. The Balaban J connectivity index is 3.20. The lowest BCUT2D eigenvalue weighted by Crippen LogP contribution is -1.62. The number of rotatable bonds is 0. The van der Waals surface area contributed by atoms with Crippen molar-refractivity contribution in [2.75, 3.05) is 0 Å². The van der Waals surface area contributed by atoms with Crippen LogP contribution < -0.4 is 0 Å². The molecule has 0 aliphatic carbocycles. The summed E-state index contributed by atoms with van der Waals surface area (Å²) in [6, 6.07) is 7.23. The Labute approximate surface area is 59.6 Å². The van der Waals surface area contributed by atoms with E-state index in [0.29, 0.717) is 5.69 Å². The summed E-state index contributed by atoms with van der Waals surface area (Å²) >= 11 is 4.06. The molecule has 0 spiro atoms. The molecule has 44 valence electrons. The van der Waals surface area contributed by atoms with E-state index in [2.05, 4.69) is 17.5 Å². The second-order valence-corrected chi connectivity index (χ2v) is 2.08. The topological polar surface area (TPSA) is 4.36 Å². The van der Waals surface area contributed by atoms with Crippen molar-refractivity contribution < 1.29 is 0 Å². The third kappa shape index (κ3) is 1.24. The fourth-order valence-corrected chi connectivity index (χ4v) is 0.769. The first-order chi connectivity index (χ1) is 4.34. The van der Waals surface area contributed by atoms with Crippen LogP contribution in [0.2, 0.25) is 0 Å². The van der Waals surface area contributed by atoms with Gasteiger partial charge in [-0.05, 0) is 0 Å². The van der Waals surface area contributed by atoms with Crippen molar-refractivity contribution in [2.24, 2.45) is 0 Å². The van der Waals surface area contributed by atoms with E-state index >= 15 is 0 Å². The van der Waals surface area contributed by atoms with Crippen LogP contribution in [0.15, 0.2) is 29.2 Å². The molecular weight excluding hydrogens is 130 g/mol. The maximum atomic E-state index is 6.66. The van der Waals surface area contributed by atoms with Gasteiger partial charge in [0.25, 0.3) is 0 Å². The molecule has 0 unspecified atom stereocenters. The van der Waals surface area contributed by atoms with Crippen LogP contribution in [-0.2, 0) is 0 Å². The second kappa shape index (κ2) is 2.56. The molecule has 0 aromatic heterocycles. The summed E-state index contributed by atoms with van der Waals surface area (Å²) in [6.45, 7) is 6.66. The zero-order valence-electron chi connectivity index (χ0n) is 4.70. The van der Waals surface area contributed by atoms with Crippen LogP contribution in [0.1, 0.15) is 0 Å². The Kier molecular flexibility index (Phi) is 1.76. The SMILES string of the molecule is [C-]#[N+]c1ccccc1S. The molecule has 0 fully saturated rings. The first kappa shape index (κ1) is 6.18. The average Bonchev–Trinajstić information content (AvgIpc) is 1.89. The van der Waals surface area contributed by atoms with Gasteiger partial charge < -0.3 is 0 Å². The second-order valence-electron chi connectivity index (χ2n) is 1.60. The highest BCUT2D eigenvalue weighted by molar-refractivity contribution is 7.80. The lowest BCUT2D eigenvalue weighted by molar-refractivity contribution is 1.50. The molecule has 1 aromatic carbocycles. The van der Waals surface area contributed by atoms with E-state index in [1.165, 1.54) is 0 Å². The van der Waals surface area contributed by atoms with Crippen LogP contribution in [0.25, 0.3) is 4.85 Å². The van der Waals surface area contributed by atoms with Gasteiger partial charge in [0.05, 0.1) is 6.57 Å². The molecule has 0 saturated carbocycles. The maximum absolute atomic E-state index is 6.66. The molecule has 0 aliphatic heterocycles. The number of nitrogens with zero attached hydrogens (tertiary/aromatic N) is 1. The molecule has 1 rings (SSSR count). The van der Waals surface area contributed by atoms with Gasteiger partial charge >= 0.3 is 0 Å². The average molecular weight is 135 g/mol. The highest BCUT2D eigenvalue weighted by Gasteiger charge is 1.91. The highest BCUT2D eigenvalue weighted by atomic mass is 32.1. The molecule has 2 heteroatoms. The van der Waals surface area contributed by atoms with Crippen molar-refractivity contribution in [1.29, 1.82) is 0 Å². The standard InChI is InChI=1S/C7H5NS/c1-8-6-4-2-3-5-7(6)9/h2-5,9H. The zero-order chi connectivity index (χ0) is 6.69. The largest absolute Gasteiger partial charge is 0.237 e. The van der Waals surface area contributed by atoms with Crippen molar-refractivity contribution in [3.8, 4) is 0 Å². The molecule has 0 atom stereocenters. The number of hydrogen-bond acceptors (Lipinski definition) is 1. The van der Waals surface area contributed by atoms with Gasteiger partial charge in [0.2, 0.25) is 0 Å². The Morgan fingerprint density at radius 3 is 2.44 bits per heavy atom. The van der Waals surface area contributed by atoms with Gasteiger partial charge in [-0.15, -0.1) is 0 Å². The van der Waals surface area contributed by atoms with Gasteiger partial charge in [-0.3, -0.25) is 0 Å². The van der Waals surface area contributed by atoms with Crippen LogP contribution in [0.4, 0.5) is 5.69 Å². The van der Waals surface area contributed by atoms with E-state index in [1.807, 2.05) is 12.1 Å². The predicted octanol–water partition coefficient (Wildman–Crippen LogP) is 2.53. The third-order valence-corrected chi connectivity index (χ3v) is 1.38. The summed E-state index contributed by atoms with van der Waals surface area (Å²) in [6.07, 6.45) is 0. The zero-order valence-corrected chi connectivity index (χ0v) is 5.60. The van der Waals surface area contributed by atoms with Crippen molar-refractivity contribution in [2.45, 2.75) is 4.90 Å². The first-order valence-corrected chi connectivity index (χ1v) is 2.95. The van der Waals surface area contributed by atoms with Gasteiger partial charge in [-0.2, -0.15) is 12.6 Å². The molecule has 0 heterocycles. The highest BCUT2D eigenvalue weighted by Crippen LogP contribution is 2.20. The number of thiol groups is 1. The summed E-state index contributed by atoms with van der Waals surface area (Å²) in [5.41, 5.74) is 0.612. The van der Waals surface area contributed by atoms with Crippen LogP contribution in [0.3, 0.4) is 0 Å². The molecule has 0 N–H and O–H groups in total. The summed E-state index contributed by atoms with van der Waals surface area (Å²) in [4.78, 5) is 3.99. The minimum atomic E-state index is 0.612. The van der Waals surface area contributed by atoms with Crippen LogP contribution in [-0.4, -0.2) is 0 Å². The van der Waals surface area contributed by atoms with Crippen LogP contribution in [0, 0.1) is 6.57 Å². The minimum Gasteiger partial charge on any atom is -0.237 e. The smallest absolute Gasteiger partial charge is 0.200 e. The predicted molar refractivity (Wildman–Crippen MR) is 40.0 cm³/mol.